The molecule has 1 aromatic heterocycles. The van der Waals surface area contributed by atoms with E-state index in [0.29, 0.717) is 6.54 Å². The Balaban J connectivity index is 2.11. The first kappa shape index (κ1) is 10.3. The van der Waals surface area contributed by atoms with Gasteiger partial charge in [-0.15, -0.1) is 11.3 Å². The minimum atomic E-state index is 0.540. The van der Waals surface area contributed by atoms with Gasteiger partial charge in [-0.05, 0) is 12.5 Å². The van der Waals surface area contributed by atoms with Crippen molar-refractivity contribution in [1.29, 1.82) is 0 Å². The summed E-state index contributed by atoms with van der Waals surface area (Å²) in [5, 5.41) is 3.10. The molecule has 0 saturated carbocycles. The molecule has 2 N–H and O–H groups in total. The van der Waals surface area contributed by atoms with Crippen LogP contribution in [0.1, 0.15) is 21.8 Å². The van der Waals surface area contributed by atoms with Crippen LogP contribution in [0.4, 0.5) is 0 Å². The molecular weight excluding hydrogens is 204 g/mol. The van der Waals surface area contributed by atoms with Crippen molar-refractivity contribution in [2.75, 3.05) is 0 Å². The Kier molecular flexibility index (Phi) is 3.14. The third kappa shape index (κ3) is 2.64. The lowest BCUT2D eigenvalue weighted by Crippen LogP contribution is -1.96. The maximum atomic E-state index is 5.52. The van der Waals surface area contributed by atoms with E-state index in [2.05, 4.69) is 41.6 Å². The first-order chi connectivity index (χ1) is 7.28. The number of nitrogens with zero attached hydrogens (tertiary/aromatic N) is 1. The molecule has 3 heteroatoms. The van der Waals surface area contributed by atoms with Crippen molar-refractivity contribution in [2.45, 2.75) is 19.9 Å². The van der Waals surface area contributed by atoms with E-state index in [1.54, 1.807) is 11.3 Å². The molecule has 0 saturated heterocycles. The summed E-state index contributed by atoms with van der Waals surface area (Å²) in [6, 6.07) is 8.56. The number of thiazole rings is 1. The molecule has 0 spiro atoms. The zero-order chi connectivity index (χ0) is 10.7. The van der Waals surface area contributed by atoms with Crippen LogP contribution in [0, 0.1) is 6.92 Å². The Labute approximate surface area is 93.8 Å². The second-order valence-electron chi connectivity index (χ2n) is 3.60. The van der Waals surface area contributed by atoms with Crippen molar-refractivity contribution in [2.24, 2.45) is 5.73 Å². The summed E-state index contributed by atoms with van der Waals surface area (Å²) in [5.74, 6) is 0. The summed E-state index contributed by atoms with van der Waals surface area (Å²) in [7, 11) is 0. The van der Waals surface area contributed by atoms with Gasteiger partial charge in [0, 0.05) is 18.3 Å². The standard InChI is InChI=1S/C12H14N2S/c1-9-2-4-10(5-3-9)6-11-8-15-12(7-13)14-11/h2-5,8H,6-7,13H2,1H3. The van der Waals surface area contributed by atoms with E-state index < -0.39 is 0 Å². The molecule has 0 fully saturated rings. The maximum absolute atomic E-state index is 5.52. The Morgan fingerprint density at radius 1 is 1.27 bits per heavy atom. The average Bonchev–Trinajstić information content (AvgIpc) is 2.69. The van der Waals surface area contributed by atoms with Crippen LogP contribution in [0.5, 0.6) is 0 Å². The van der Waals surface area contributed by atoms with Gasteiger partial charge in [0.15, 0.2) is 0 Å². The Bertz CT molecular complexity index is 431. The summed E-state index contributed by atoms with van der Waals surface area (Å²) >= 11 is 1.64. The molecule has 2 rings (SSSR count). The lowest BCUT2D eigenvalue weighted by molar-refractivity contribution is 0.995. The highest BCUT2D eigenvalue weighted by molar-refractivity contribution is 7.09. The Morgan fingerprint density at radius 3 is 2.60 bits per heavy atom. The van der Waals surface area contributed by atoms with Gasteiger partial charge in [0.05, 0.1) is 5.69 Å². The Hall–Kier alpha value is -1.19. The number of aryl methyl sites for hydroxylation is 1. The molecule has 0 atom stereocenters. The monoisotopic (exact) mass is 218 g/mol. The van der Waals surface area contributed by atoms with E-state index >= 15 is 0 Å². The van der Waals surface area contributed by atoms with Crippen LogP contribution in [0.2, 0.25) is 0 Å². The van der Waals surface area contributed by atoms with Crippen molar-refractivity contribution in [3.63, 3.8) is 0 Å². The predicted octanol–water partition coefficient (Wildman–Crippen LogP) is 2.50. The minimum Gasteiger partial charge on any atom is -0.325 e. The van der Waals surface area contributed by atoms with Crippen LogP contribution in [0.25, 0.3) is 0 Å². The molecule has 0 aliphatic heterocycles. The topological polar surface area (TPSA) is 38.9 Å². The first-order valence-electron chi connectivity index (χ1n) is 4.97. The summed E-state index contributed by atoms with van der Waals surface area (Å²) in [5.41, 5.74) is 9.23. The van der Waals surface area contributed by atoms with E-state index in [0.717, 1.165) is 17.1 Å². The summed E-state index contributed by atoms with van der Waals surface area (Å²) in [4.78, 5) is 4.44. The lowest BCUT2D eigenvalue weighted by Gasteiger charge is -1.98. The van der Waals surface area contributed by atoms with E-state index in [1.165, 1.54) is 11.1 Å². The fraction of sp³-hybridized carbons (Fsp3) is 0.250. The van der Waals surface area contributed by atoms with Gasteiger partial charge >= 0.3 is 0 Å². The van der Waals surface area contributed by atoms with Gasteiger partial charge in [-0.2, -0.15) is 0 Å². The molecule has 2 aromatic rings. The van der Waals surface area contributed by atoms with E-state index in [-0.39, 0.29) is 0 Å². The zero-order valence-corrected chi connectivity index (χ0v) is 9.55. The van der Waals surface area contributed by atoms with Gasteiger partial charge in [0.1, 0.15) is 5.01 Å². The van der Waals surface area contributed by atoms with Crippen molar-refractivity contribution in [1.82, 2.24) is 4.98 Å². The predicted molar refractivity (Wildman–Crippen MR) is 64.0 cm³/mol. The number of hydrogen-bond donors (Lipinski definition) is 1. The van der Waals surface area contributed by atoms with Crippen LogP contribution in [-0.2, 0) is 13.0 Å². The number of aromatic nitrogens is 1. The molecular formula is C12H14N2S. The molecule has 0 amide bonds. The van der Waals surface area contributed by atoms with Crippen molar-refractivity contribution in [3.8, 4) is 0 Å². The molecule has 0 bridgehead atoms. The van der Waals surface area contributed by atoms with Crippen LogP contribution in [0.15, 0.2) is 29.6 Å². The van der Waals surface area contributed by atoms with Crippen LogP contribution >= 0.6 is 11.3 Å². The van der Waals surface area contributed by atoms with E-state index in [4.69, 9.17) is 5.73 Å². The van der Waals surface area contributed by atoms with Gasteiger partial charge in [0.25, 0.3) is 0 Å². The number of nitrogens with two attached hydrogens (primary N) is 1. The molecule has 78 valence electrons. The molecule has 0 aliphatic rings. The quantitative estimate of drug-likeness (QED) is 0.859. The van der Waals surface area contributed by atoms with Crippen LogP contribution in [-0.4, -0.2) is 4.98 Å². The normalized spacial score (nSPS) is 10.5. The highest BCUT2D eigenvalue weighted by atomic mass is 32.1. The third-order valence-corrected chi connectivity index (χ3v) is 3.20. The average molecular weight is 218 g/mol. The molecule has 2 nitrogen and oxygen atoms in total. The highest BCUT2D eigenvalue weighted by Crippen LogP contribution is 2.13. The molecule has 0 unspecified atom stereocenters. The van der Waals surface area contributed by atoms with Gasteiger partial charge in [-0.1, -0.05) is 29.8 Å². The second-order valence-corrected chi connectivity index (χ2v) is 4.54. The zero-order valence-electron chi connectivity index (χ0n) is 8.73. The van der Waals surface area contributed by atoms with Gasteiger partial charge in [0.2, 0.25) is 0 Å². The maximum Gasteiger partial charge on any atom is 0.106 e. The van der Waals surface area contributed by atoms with Crippen LogP contribution in [0.3, 0.4) is 0 Å². The molecule has 0 aliphatic carbocycles. The fourth-order valence-corrected chi connectivity index (χ4v) is 2.11. The van der Waals surface area contributed by atoms with Crippen molar-refractivity contribution in [3.05, 3.63) is 51.5 Å². The summed E-state index contributed by atoms with van der Waals surface area (Å²) in [6.07, 6.45) is 0.900. The summed E-state index contributed by atoms with van der Waals surface area (Å²) in [6.45, 7) is 2.64. The number of benzene rings is 1. The van der Waals surface area contributed by atoms with Crippen LogP contribution < -0.4 is 5.73 Å². The van der Waals surface area contributed by atoms with Gasteiger partial charge in [-0.25, -0.2) is 4.98 Å². The van der Waals surface area contributed by atoms with Gasteiger partial charge < -0.3 is 5.73 Å². The smallest absolute Gasteiger partial charge is 0.106 e. The largest absolute Gasteiger partial charge is 0.325 e. The minimum absolute atomic E-state index is 0.540. The van der Waals surface area contributed by atoms with E-state index in [1.807, 2.05) is 0 Å². The first-order valence-corrected chi connectivity index (χ1v) is 5.85. The molecule has 1 heterocycles. The molecule has 15 heavy (non-hydrogen) atoms. The number of hydrogen-bond acceptors (Lipinski definition) is 3. The van der Waals surface area contributed by atoms with Crippen molar-refractivity contribution >= 4 is 11.3 Å². The lowest BCUT2D eigenvalue weighted by atomic mass is 10.1. The SMILES string of the molecule is Cc1ccc(Cc2csc(CN)n2)cc1. The Morgan fingerprint density at radius 2 is 2.00 bits per heavy atom. The molecule has 1 aromatic carbocycles. The fourth-order valence-electron chi connectivity index (χ4n) is 1.44. The van der Waals surface area contributed by atoms with Gasteiger partial charge in [-0.3, -0.25) is 0 Å². The number of rotatable bonds is 3. The third-order valence-electron chi connectivity index (χ3n) is 2.28. The second kappa shape index (κ2) is 4.55. The summed E-state index contributed by atoms with van der Waals surface area (Å²) < 4.78 is 0. The highest BCUT2D eigenvalue weighted by Gasteiger charge is 2.01. The molecule has 0 radical (unpaired) electrons. The van der Waals surface area contributed by atoms with E-state index in [9.17, 15) is 0 Å². The van der Waals surface area contributed by atoms with Crippen molar-refractivity contribution < 1.29 is 0 Å².